The monoisotopic (exact) mass is 298 g/mol. The zero-order valence-corrected chi connectivity index (χ0v) is 12.2. The minimum atomic E-state index is -0.305. The molecule has 0 amide bonds. The van der Waals surface area contributed by atoms with Crippen LogP contribution in [0.4, 0.5) is 4.39 Å². The van der Waals surface area contributed by atoms with Gasteiger partial charge in [0.2, 0.25) is 0 Å². The Bertz CT molecular complexity index is 510. The van der Waals surface area contributed by atoms with Gasteiger partial charge in [0.25, 0.3) is 0 Å². The van der Waals surface area contributed by atoms with Crippen molar-refractivity contribution in [3.8, 4) is 0 Å². The Morgan fingerprint density at radius 3 is 2.79 bits per heavy atom. The largest absolute Gasteiger partial charge is 0.329 e. The molecule has 0 saturated heterocycles. The second-order valence-electron chi connectivity index (χ2n) is 4.43. The summed E-state index contributed by atoms with van der Waals surface area (Å²) in [4.78, 5) is 2.02. The molecule has 1 aromatic heterocycles. The number of benzene rings is 1. The summed E-state index contributed by atoms with van der Waals surface area (Å²) in [7, 11) is 1.93. The highest BCUT2D eigenvalue weighted by atomic mass is 35.5. The van der Waals surface area contributed by atoms with Crippen molar-refractivity contribution in [3.05, 3.63) is 57.0 Å². The lowest BCUT2D eigenvalue weighted by Crippen LogP contribution is -2.31. The van der Waals surface area contributed by atoms with Crippen molar-refractivity contribution in [2.24, 2.45) is 5.73 Å². The van der Waals surface area contributed by atoms with Gasteiger partial charge in [0.1, 0.15) is 5.82 Å². The third-order valence-electron chi connectivity index (χ3n) is 3.10. The Balaban J connectivity index is 2.24. The van der Waals surface area contributed by atoms with Gasteiger partial charge in [0.15, 0.2) is 0 Å². The maximum Gasteiger partial charge on any atom is 0.129 e. The lowest BCUT2D eigenvalue weighted by Gasteiger charge is -2.28. The summed E-state index contributed by atoms with van der Waals surface area (Å²) < 4.78 is 14.0. The van der Waals surface area contributed by atoms with Crippen molar-refractivity contribution in [1.29, 1.82) is 0 Å². The van der Waals surface area contributed by atoms with Crippen molar-refractivity contribution in [1.82, 2.24) is 4.90 Å². The van der Waals surface area contributed by atoms with Gasteiger partial charge < -0.3 is 5.73 Å². The van der Waals surface area contributed by atoms with Gasteiger partial charge in [-0.1, -0.05) is 17.7 Å². The molecule has 2 rings (SSSR count). The van der Waals surface area contributed by atoms with Crippen LogP contribution in [0.15, 0.2) is 35.0 Å². The molecule has 0 radical (unpaired) electrons. The van der Waals surface area contributed by atoms with Crippen LogP contribution >= 0.6 is 22.9 Å². The first-order valence-electron chi connectivity index (χ1n) is 5.98. The lowest BCUT2D eigenvalue weighted by atomic mass is 10.0. The average molecular weight is 299 g/mol. The SMILES string of the molecule is CN(Cc1ccsc1)C(CN)c1c(F)cccc1Cl. The molecule has 2 N–H and O–H groups in total. The number of rotatable bonds is 5. The Labute approximate surface area is 121 Å². The predicted octanol–water partition coefficient (Wildman–Crippen LogP) is 3.67. The smallest absolute Gasteiger partial charge is 0.129 e. The van der Waals surface area contributed by atoms with E-state index >= 15 is 0 Å². The molecule has 1 unspecified atom stereocenters. The van der Waals surface area contributed by atoms with Crippen LogP contribution in [0.5, 0.6) is 0 Å². The molecule has 1 heterocycles. The number of thiophene rings is 1. The Morgan fingerprint density at radius 2 is 2.21 bits per heavy atom. The van der Waals surface area contributed by atoms with E-state index in [1.807, 2.05) is 17.3 Å². The number of nitrogens with zero attached hydrogens (tertiary/aromatic N) is 1. The molecule has 1 atom stereocenters. The van der Waals surface area contributed by atoms with E-state index < -0.39 is 0 Å². The molecule has 19 heavy (non-hydrogen) atoms. The van der Waals surface area contributed by atoms with Gasteiger partial charge in [0.05, 0.1) is 6.04 Å². The third kappa shape index (κ3) is 3.34. The van der Waals surface area contributed by atoms with Gasteiger partial charge in [-0.25, -0.2) is 4.39 Å². The molecule has 0 saturated carbocycles. The van der Waals surface area contributed by atoms with E-state index in [0.717, 1.165) is 6.54 Å². The molecule has 0 fully saturated rings. The average Bonchev–Trinajstić information content (AvgIpc) is 2.86. The van der Waals surface area contributed by atoms with Crippen LogP contribution in [0.2, 0.25) is 5.02 Å². The molecule has 0 aliphatic carbocycles. The van der Waals surface area contributed by atoms with Gasteiger partial charge >= 0.3 is 0 Å². The van der Waals surface area contributed by atoms with Crippen LogP contribution < -0.4 is 5.73 Å². The zero-order valence-electron chi connectivity index (χ0n) is 10.6. The highest BCUT2D eigenvalue weighted by Crippen LogP contribution is 2.29. The number of hydrogen-bond donors (Lipinski definition) is 1. The van der Waals surface area contributed by atoms with Gasteiger partial charge in [-0.3, -0.25) is 4.90 Å². The minimum absolute atomic E-state index is 0.228. The Kier molecular flexibility index (Phi) is 4.93. The second-order valence-corrected chi connectivity index (χ2v) is 5.62. The van der Waals surface area contributed by atoms with Crippen molar-refractivity contribution in [2.45, 2.75) is 12.6 Å². The first-order valence-corrected chi connectivity index (χ1v) is 7.31. The van der Waals surface area contributed by atoms with E-state index in [1.54, 1.807) is 23.5 Å². The van der Waals surface area contributed by atoms with Crippen LogP contribution in [0.1, 0.15) is 17.2 Å². The topological polar surface area (TPSA) is 29.3 Å². The summed E-state index contributed by atoms with van der Waals surface area (Å²) in [6, 6.07) is 6.54. The number of nitrogens with two attached hydrogens (primary N) is 1. The molecule has 0 bridgehead atoms. The molecule has 102 valence electrons. The van der Waals surface area contributed by atoms with Crippen LogP contribution in [0, 0.1) is 5.82 Å². The van der Waals surface area contributed by atoms with E-state index in [0.29, 0.717) is 17.1 Å². The van der Waals surface area contributed by atoms with Crippen LogP contribution in [-0.2, 0) is 6.54 Å². The summed E-state index contributed by atoms with van der Waals surface area (Å²) in [5.41, 5.74) is 7.48. The van der Waals surface area contributed by atoms with E-state index in [4.69, 9.17) is 17.3 Å². The summed E-state index contributed by atoms with van der Waals surface area (Å²) in [6.07, 6.45) is 0. The molecule has 2 nitrogen and oxygen atoms in total. The molecule has 5 heteroatoms. The van der Waals surface area contributed by atoms with Crippen LogP contribution in [-0.4, -0.2) is 18.5 Å². The first kappa shape index (κ1) is 14.5. The molecular formula is C14H16ClFN2S. The number of halogens is 2. The van der Waals surface area contributed by atoms with Gasteiger partial charge in [0, 0.05) is 23.7 Å². The number of hydrogen-bond acceptors (Lipinski definition) is 3. The molecule has 0 spiro atoms. The maximum absolute atomic E-state index is 14.0. The van der Waals surface area contributed by atoms with Crippen LogP contribution in [0.3, 0.4) is 0 Å². The molecule has 2 aromatic rings. The standard InChI is InChI=1S/C14H16ClFN2S/c1-18(8-10-5-6-19-9-10)13(7-17)14-11(15)3-2-4-12(14)16/h2-6,9,13H,7-8,17H2,1H3. The fourth-order valence-electron chi connectivity index (χ4n) is 2.13. The molecular weight excluding hydrogens is 283 g/mol. The zero-order chi connectivity index (χ0) is 13.8. The maximum atomic E-state index is 14.0. The summed E-state index contributed by atoms with van der Waals surface area (Å²) in [6.45, 7) is 1.04. The van der Waals surface area contributed by atoms with Gasteiger partial charge in [-0.15, -0.1) is 0 Å². The second kappa shape index (κ2) is 6.48. The Hall–Kier alpha value is -0.940. The predicted molar refractivity (Wildman–Crippen MR) is 79.0 cm³/mol. The van der Waals surface area contributed by atoms with E-state index in [1.165, 1.54) is 11.6 Å². The van der Waals surface area contributed by atoms with Crippen molar-refractivity contribution >= 4 is 22.9 Å². The molecule has 0 aliphatic heterocycles. The quantitative estimate of drug-likeness (QED) is 0.912. The fraction of sp³-hybridized carbons (Fsp3) is 0.286. The minimum Gasteiger partial charge on any atom is -0.329 e. The van der Waals surface area contributed by atoms with Crippen molar-refractivity contribution < 1.29 is 4.39 Å². The highest BCUT2D eigenvalue weighted by molar-refractivity contribution is 7.07. The Morgan fingerprint density at radius 1 is 1.42 bits per heavy atom. The third-order valence-corrected chi connectivity index (χ3v) is 4.16. The van der Waals surface area contributed by atoms with Gasteiger partial charge in [-0.05, 0) is 41.6 Å². The van der Waals surface area contributed by atoms with E-state index in [2.05, 4.69) is 11.4 Å². The normalized spacial score (nSPS) is 12.9. The van der Waals surface area contributed by atoms with Crippen LogP contribution in [0.25, 0.3) is 0 Å². The molecule has 0 aliphatic rings. The highest BCUT2D eigenvalue weighted by Gasteiger charge is 2.21. The van der Waals surface area contributed by atoms with Crippen molar-refractivity contribution in [2.75, 3.05) is 13.6 Å². The summed E-state index contributed by atoms with van der Waals surface area (Å²) in [5, 5.41) is 4.52. The summed E-state index contributed by atoms with van der Waals surface area (Å²) >= 11 is 7.75. The number of likely N-dealkylation sites (N-methyl/N-ethyl adjacent to an activating group) is 1. The molecule has 1 aromatic carbocycles. The first-order chi connectivity index (χ1) is 9.13. The van der Waals surface area contributed by atoms with Gasteiger partial charge in [-0.2, -0.15) is 11.3 Å². The van der Waals surface area contributed by atoms with Crippen molar-refractivity contribution in [3.63, 3.8) is 0 Å². The summed E-state index contributed by atoms with van der Waals surface area (Å²) in [5.74, 6) is -0.305. The lowest BCUT2D eigenvalue weighted by molar-refractivity contribution is 0.237. The van der Waals surface area contributed by atoms with E-state index in [9.17, 15) is 4.39 Å². The van der Waals surface area contributed by atoms with E-state index in [-0.39, 0.29) is 11.9 Å². The fourth-order valence-corrected chi connectivity index (χ4v) is 3.08.